The average Bonchev–Trinajstić information content (AvgIpc) is 2.08. The van der Waals surface area contributed by atoms with Crippen molar-refractivity contribution in [2.24, 2.45) is 0 Å². The third-order valence-electron chi connectivity index (χ3n) is 2.13. The van der Waals surface area contributed by atoms with E-state index >= 15 is 0 Å². The van der Waals surface area contributed by atoms with Gasteiger partial charge in [-0.3, -0.25) is 9.69 Å². The molecule has 0 aromatic carbocycles. The van der Waals surface area contributed by atoms with Gasteiger partial charge < -0.3 is 14.9 Å². The summed E-state index contributed by atoms with van der Waals surface area (Å²) in [5.74, 6) is -3.65. The molecule has 14 heavy (non-hydrogen) atoms. The molecule has 78 valence electrons. The number of rotatable bonds is 4. The van der Waals surface area contributed by atoms with Gasteiger partial charge in [-0.05, 0) is 0 Å². The number of carboxylic acids is 2. The van der Waals surface area contributed by atoms with E-state index in [-0.39, 0.29) is 6.73 Å². The van der Waals surface area contributed by atoms with Crippen molar-refractivity contribution in [3.8, 4) is 0 Å². The van der Waals surface area contributed by atoms with E-state index in [0.29, 0.717) is 4.90 Å². The Balaban J connectivity index is 2.96. The Kier molecular flexibility index (Phi) is 2.43. The smallest absolute Gasteiger partial charge is 0.342 e. The maximum atomic E-state index is 11.0. The molecule has 0 saturated carbocycles. The van der Waals surface area contributed by atoms with E-state index in [1.54, 1.807) is 0 Å². The highest BCUT2D eigenvalue weighted by molar-refractivity contribution is 6.14. The SMILES string of the molecule is COCN1C(=O)CC1(C(=O)O)C(=O)O. The number of aliphatic carboxylic acids is 2. The van der Waals surface area contributed by atoms with Crippen LogP contribution in [0.1, 0.15) is 6.42 Å². The van der Waals surface area contributed by atoms with Crippen molar-refractivity contribution in [2.75, 3.05) is 13.8 Å². The van der Waals surface area contributed by atoms with Gasteiger partial charge in [-0.25, -0.2) is 9.59 Å². The zero-order valence-corrected chi connectivity index (χ0v) is 7.39. The van der Waals surface area contributed by atoms with Gasteiger partial charge in [0.15, 0.2) is 0 Å². The summed E-state index contributed by atoms with van der Waals surface area (Å²) in [6, 6.07) is 0. The largest absolute Gasteiger partial charge is 0.479 e. The van der Waals surface area contributed by atoms with Crippen LogP contribution >= 0.6 is 0 Å². The van der Waals surface area contributed by atoms with Crippen LogP contribution in [0.3, 0.4) is 0 Å². The topological polar surface area (TPSA) is 104 Å². The van der Waals surface area contributed by atoms with Gasteiger partial charge in [0, 0.05) is 7.11 Å². The molecular formula is C7H9NO6. The third kappa shape index (κ3) is 1.13. The maximum absolute atomic E-state index is 11.0. The highest BCUT2D eigenvalue weighted by Crippen LogP contribution is 2.32. The van der Waals surface area contributed by atoms with Gasteiger partial charge in [0.25, 0.3) is 0 Å². The third-order valence-corrected chi connectivity index (χ3v) is 2.13. The van der Waals surface area contributed by atoms with Crippen molar-refractivity contribution >= 4 is 17.8 Å². The van der Waals surface area contributed by atoms with Crippen LogP contribution in [-0.2, 0) is 19.1 Å². The lowest BCUT2D eigenvalue weighted by Gasteiger charge is -2.44. The quantitative estimate of drug-likeness (QED) is 0.436. The molecule has 1 saturated heterocycles. The predicted octanol–water partition coefficient (Wildman–Crippen LogP) is -1.27. The molecule has 7 nitrogen and oxygen atoms in total. The Morgan fingerprint density at radius 2 is 2.00 bits per heavy atom. The Bertz CT molecular complexity index is 285. The zero-order valence-electron chi connectivity index (χ0n) is 7.39. The summed E-state index contributed by atoms with van der Waals surface area (Å²) < 4.78 is 4.55. The van der Waals surface area contributed by atoms with Crippen molar-refractivity contribution in [1.29, 1.82) is 0 Å². The molecule has 1 fully saturated rings. The van der Waals surface area contributed by atoms with Crippen LogP contribution in [0.5, 0.6) is 0 Å². The van der Waals surface area contributed by atoms with Crippen LogP contribution in [0.4, 0.5) is 0 Å². The Hall–Kier alpha value is -1.63. The molecule has 1 heterocycles. The first-order valence-electron chi connectivity index (χ1n) is 3.73. The number of carboxylic acid groups (broad SMARTS) is 2. The van der Waals surface area contributed by atoms with Gasteiger partial charge in [0.2, 0.25) is 11.4 Å². The average molecular weight is 203 g/mol. The van der Waals surface area contributed by atoms with Crippen LogP contribution in [0.15, 0.2) is 0 Å². The lowest BCUT2D eigenvalue weighted by Crippen LogP contribution is -2.72. The van der Waals surface area contributed by atoms with Crippen LogP contribution in [0, 0.1) is 0 Å². The molecule has 2 N–H and O–H groups in total. The summed E-state index contributed by atoms with van der Waals surface area (Å²) in [6.45, 7) is -0.336. The van der Waals surface area contributed by atoms with Gasteiger partial charge in [0.1, 0.15) is 6.73 Å². The fourth-order valence-electron chi connectivity index (χ4n) is 1.32. The number of ether oxygens (including phenoxy) is 1. The van der Waals surface area contributed by atoms with E-state index in [0.717, 1.165) is 0 Å². The van der Waals surface area contributed by atoms with Gasteiger partial charge in [-0.15, -0.1) is 0 Å². The standard InChI is InChI=1S/C7H9NO6/c1-14-3-8-4(9)2-7(8,5(10)11)6(12)13/h2-3H2,1H3,(H,10,11)(H,12,13). The van der Waals surface area contributed by atoms with Gasteiger partial charge >= 0.3 is 11.9 Å². The molecule has 0 spiro atoms. The van der Waals surface area contributed by atoms with Gasteiger partial charge in [0.05, 0.1) is 6.42 Å². The number of β-lactam (4-membered cyclic amide) rings is 1. The molecule has 0 radical (unpaired) electrons. The first kappa shape index (κ1) is 10.5. The molecule has 1 aliphatic rings. The molecular weight excluding hydrogens is 194 g/mol. The van der Waals surface area contributed by atoms with E-state index in [1.807, 2.05) is 0 Å². The van der Waals surface area contributed by atoms with E-state index < -0.39 is 29.8 Å². The minimum atomic E-state index is -2.15. The number of amides is 1. The number of nitrogens with zero attached hydrogens (tertiary/aromatic N) is 1. The Morgan fingerprint density at radius 1 is 1.50 bits per heavy atom. The molecule has 0 unspecified atom stereocenters. The molecule has 0 aliphatic carbocycles. The Morgan fingerprint density at radius 3 is 2.29 bits per heavy atom. The first-order chi connectivity index (χ1) is 6.46. The van der Waals surface area contributed by atoms with Crippen molar-refractivity contribution in [2.45, 2.75) is 12.0 Å². The zero-order chi connectivity index (χ0) is 10.9. The van der Waals surface area contributed by atoms with E-state index in [1.165, 1.54) is 7.11 Å². The number of methoxy groups -OCH3 is 1. The number of carbonyl (C=O) groups is 3. The molecule has 1 rings (SSSR count). The minimum Gasteiger partial charge on any atom is -0.479 e. The number of hydrogen-bond acceptors (Lipinski definition) is 4. The van der Waals surface area contributed by atoms with E-state index in [4.69, 9.17) is 10.2 Å². The van der Waals surface area contributed by atoms with Gasteiger partial charge in [-0.2, -0.15) is 0 Å². The predicted molar refractivity (Wildman–Crippen MR) is 41.3 cm³/mol. The van der Waals surface area contributed by atoms with E-state index in [2.05, 4.69) is 4.74 Å². The summed E-state index contributed by atoms with van der Waals surface area (Å²) in [6.07, 6.45) is -0.527. The van der Waals surface area contributed by atoms with Crippen LogP contribution in [0.25, 0.3) is 0 Å². The molecule has 0 bridgehead atoms. The second-order valence-corrected chi connectivity index (χ2v) is 2.89. The fourth-order valence-corrected chi connectivity index (χ4v) is 1.32. The molecule has 1 aliphatic heterocycles. The summed E-state index contributed by atoms with van der Waals surface area (Å²) in [5.41, 5.74) is -2.15. The van der Waals surface area contributed by atoms with Crippen LogP contribution in [-0.4, -0.2) is 52.3 Å². The highest BCUT2D eigenvalue weighted by Gasteiger charge is 2.63. The fraction of sp³-hybridized carbons (Fsp3) is 0.571. The van der Waals surface area contributed by atoms with Crippen LogP contribution < -0.4 is 0 Å². The second kappa shape index (κ2) is 3.26. The van der Waals surface area contributed by atoms with Gasteiger partial charge in [-0.1, -0.05) is 0 Å². The Labute approximate surface area is 78.9 Å². The maximum Gasteiger partial charge on any atom is 0.342 e. The van der Waals surface area contributed by atoms with Crippen molar-refractivity contribution < 1.29 is 29.3 Å². The van der Waals surface area contributed by atoms with Crippen molar-refractivity contribution in [1.82, 2.24) is 4.90 Å². The van der Waals surface area contributed by atoms with Crippen molar-refractivity contribution in [3.05, 3.63) is 0 Å². The lowest BCUT2D eigenvalue weighted by atomic mass is 9.84. The summed E-state index contributed by atoms with van der Waals surface area (Å²) in [7, 11) is 1.25. The number of hydrogen-bond donors (Lipinski definition) is 2. The summed E-state index contributed by atoms with van der Waals surface area (Å²) >= 11 is 0. The van der Waals surface area contributed by atoms with Crippen LogP contribution in [0.2, 0.25) is 0 Å². The molecule has 0 aromatic heterocycles. The minimum absolute atomic E-state index is 0.336. The molecule has 0 aromatic rings. The first-order valence-corrected chi connectivity index (χ1v) is 3.73. The number of carbonyl (C=O) groups excluding carboxylic acids is 1. The highest BCUT2D eigenvalue weighted by atomic mass is 16.5. The number of likely N-dealkylation sites (tertiary alicyclic amines) is 1. The van der Waals surface area contributed by atoms with Crippen molar-refractivity contribution in [3.63, 3.8) is 0 Å². The summed E-state index contributed by atoms with van der Waals surface area (Å²) in [5, 5.41) is 17.5. The second-order valence-electron chi connectivity index (χ2n) is 2.89. The van der Waals surface area contributed by atoms with E-state index in [9.17, 15) is 14.4 Å². The summed E-state index contributed by atoms with van der Waals surface area (Å²) in [4.78, 5) is 33.1. The molecule has 7 heteroatoms. The normalized spacial score (nSPS) is 18.9. The lowest BCUT2D eigenvalue weighted by molar-refractivity contribution is -0.194. The molecule has 1 amide bonds. The molecule has 0 atom stereocenters. The monoisotopic (exact) mass is 203 g/mol.